The van der Waals surface area contributed by atoms with Crippen molar-refractivity contribution in [1.29, 1.82) is 0 Å². The Morgan fingerprint density at radius 1 is 1.22 bits per heavy atom. The van der Waals surface area contributed by atoms with Crippen LogP contribution in [0, 0.1) is 17.8 Å². The minimum atomic E-state index is -0.824. The molecule has 6 nitrogen and oxygen atoms in total. The molecule has 0 bridgehead atoms. The summed E-state index contributed by atoms with van der Waals surface area (Å²) in [6, 6.07) is 0. The standard InChI is InChI=1S/C17H28N2O4/c1-17(2,3)23-16(22)19-10-7-13(14(11-19)15(20)21)12-5-8-18(4)9-6-12/h5,8,12-14H,6-7,9-11H2,1-4H3,(H,20,21)/t12?,13-,14+/m0/s1. The number of hydrogen-bond acceptors (Lipinski definition) is 4. The number of nitrogens with zero attached hydrogens (tertiary/aromatic N) is 2. The molecule has 130 valence electrons. The molecule has 1 N–H and O–H groups in total. The monoisotopic (exact) mass is 324 g/mol. The van der Waals surface area contributed by atoms with E-state index in [-0.39, 0.29) is 18.4 Å². The number of carbonyl (C=O) groups is 2. The largest absolute Gasteiger partial charge is 0.481 e. The summed E-state index contributed by atoms with van der Waals surface area (Å²) in [5.41, 5.74) is -0.566. The van der Waals surface area contributed by atoms with E-state index in [1.165, 1.54) is 0 Å². The predicted molar refractivity (Wildman–Crippen MR) is 86.9 cm³/mol. The summed E-state index contributed by atoms with van der Waals surface area (Å²) in [4.78, 5) is 27.6. The molecule has 23 heavy (non-hydrogen) atoms. The molecule has 1 saturated heterocycles. The minimum absolute atomic E-state index is 0.0798. The molecule has 0 aliphatic carbocycles. The van der Waals surface area contributed by atoms with Gasteiger partial charge in [-0.25, -0.2) is 4.79 Å². The second kappa shape index (κ2) is 6.81. The molecule has 2 aliphatic rings. The average molecular weight is 324 g/mol. The van der Waals surface area contributed by atoms with Gasteiger partial charge in [-0.2, -0.15) is 0 Å². The Balaban J connectivity index is 2.05. The van der Waals surface area contributed by atoms with Gasteiger partial charge < -0.3 is 19.6 Å². The van der Waals surface area contributed by atoms with E-state index in [1.807, 2.05) is 34.0 Å². The van der Waals surface area contributed by atoms with Crippen LogP contribution < -0.4 is 0 Å². The summed E-state index contributed by atoms with van der Waals surface area (Å²) >= 11 is 0. The number of ether oxygens (including phenoxy) is 1. The fourth-order valence-electron chi connectivity index (χ4n) is 3.37. The summed E-state index contributed by atoms with van der Waals surface area (Å²) < 4.78 is 5.37. The highest BCUT2D eigenvalue weighted by molar-refractivity contribution is 5.73. The lowest BCUT2D eigenvalue weighted by atomic mass is 9.74. The molecule has 1 unspecified atom stereocenters. The van der Waals surface area contributed by atoms with Gasteiger partial charge in [-0.15, -0.1) is 0 Å². The normalized spacial score (nSPS) is 28.6. The number of hydrogen-bond donors (Lipinski definition) is 1. The zero-order chi connectivity index (χ0) is 17.2. The van der Waals surface area contributed by atoms with Crippen molar-refractivity contribution < 1.29 is 19.4 Å². The van der Waals surface area contributed by atoms with E-state index in [0.29, 0.717) is 13.0 Å². The van der Waals surface area contributed by atoms with Crippen molar-refractivity contribution in [3.63, 3.8) is 0 Å². The van der Waals surface area contributed by atoms with Gasteiger partial charge in [0.1, 0.15) is 5.60 Å². The Kier molecular flexibility index (Phi) is 5.22. The Morgan fingerprint density at radius 3 is 2.43 bits per heavy atom. The van der Waals surface area contributed by atoms with Gasteiger partial charge in [-0.3, -0.25) is 4.79 Å². The zero-order valence-electron chi connectivity index (χ0n) is 14.5. The Hall–Kier alpha value is -1.72. The lowest BCUT2D eigenvalue weighted by Gasteiger charge is -2.41. The van der Waals surface area contributed by atoms with Crippen LogP contribution in [0.1, 0.15) is 33.6 Å². The van der Waals surface area contributed by atoms with E-state index < -0.39 is 23.6 Å². The molecule has 0 aromatic heterocycles. The summed E-state index contributed by atoms with van der Waals surface area (Å²) in [5, 5.41) is 9.61. The van der Waals surface area contributed by atoms with Crippen LogP contribution in [0.25, 0.3) is 0 Å². The van der Waals surface area contributed by atoms with Gasteiger partial charge >= 0.3 is 12.1 Å². The van der Waals surface area contributed by atoms with Crippen LogP contribution in [0.3, 0.4) is 0 Å². The van der Waals surface area contributed by atoms with E-state index in [4.69, 9.17) is 4.74 Å². The number of likely N-dealkylation sites (tertiary alicyclic amines) is 1. The van der Waals surface area contributed by atoms with E-state index in [2.05, 4.69) is 11.0 Å². The first-order chi connectivity index (χ1) is 10.7. The molecule has 2 rings (SSSR count). The molecule has 3 atom stereocenters. The van der Waals surface area contributed by atoms with Crippen molar-refractivity contribution in [1.82, 2.24) is 9.80 Å². The van der Waals surface area contributed by atoms with Crippen molar-refractivity contribution in [3.8, 4) is 0 Å². The molecule has 0 aromatic rings. The quantitative estimate of drug-likeness (QED) is 0.844. The topological polar surface area (TPSA) is 70.1 Å². The highest BCUT2D eigenvalue weighted by Crippen LogP contribution is 2.35. The number of carboxylic acid groups (broad SMARTS) is 1. The SMILES string of the molecule is CN1C=CC([C@@H]2CCN(C(=O)OC(C)(C)C)C[C@H]2C(=O)O)CC1. The van der Waals surface area contributed by atoms with Gasteiger partial charge in [0, 0.05) is 26.7 Å². The second-order valence-corrected chi connectivity index (χ2v) is 7.60. The molecular formula is C17H28N2O4. The molecule has 0 aromatic carbocycles. The van der Waals surface area contributed by atoms with Crippen LogP contribution >= 0.6 is 0 Å². The maximum Gasteiger partial charge on any atom is 0.410 e. The predicted octanol–water partition coefficient (Wildman–Crippen LogP) is 2.41. The highest BCUT2D eigenvalue weighted by Gasteiger charge is 2.40. The van der Waals surface area contributed by atoms with Gasteiger partial charge in [-0.05, 0) is 51.6 Å². The molecule has 6 heteroatoms. The Labute approximate surface area is 138 Å². The first kappa shape index (κ1) is 17.6. The maximum absolute atomic E-state index is 12.2. The molecule has 2 heterocycles. The highest BCUT2D eigenvalue weighted by atomic mass is 16.6. The van der Waals surface area contributed by atoms with E-state index in [9.17, 15) is 14.7 Å². The molecule has 0 radical (unpaired) electrons. The summed E-state index contributed by atoms with van der Waals surface area (Å²) in [7, 11) is 2.02. The number of aliphatic carboxylic acids is 1. The summed E-state index contributed by atoms with van der Waals surface area (Å²) in [5.74, 6) is -1.01. The van der Waals surface area contributed by atoms with Gasteiger partial charge in [0.15, 0.2) is 0 Å². The van der Waals surface area contributed by atoms with E-state index >= 15 is 0 Å². The summed E-state index contributed by atoms with van der Waals surface area (Å²) in [6.07, 6.45) is 5.41. The first-order valence-corrected chi connectivity index (χ1v) is 8.26. The zero-order valence-corrected chi connectivity index (χ0v) is 14.5. The van der Waals surface area contributed by atoms with Crippen LogP contribution in [0.5, 0.6) is 0 Å². The minimum Gasteiger partial charge on any atom is -0.481 e. The molecule has 1 amide bonds. The van der Waals surface area contributed by atoms with Crippen molar-refractivity contribution in [2.24, 2.45) is 17.8 Å². The fourth-order valence-corrected chi connectivity index (χ4v) is 3.37. The van der Waals surface area contributed by atoms with Gasteiger partial charge in [-0.1, -0.05) is 6.08 Å². The lowest BCUT2D eigenvalue weighted by molar-refractivity contribution is -0.146. The lowest BCUT2D eigenvalue weighted by Crippen LogP contribution is -2.50. The number of allylic oxidation sites excluding steroid dienone is 1. The number of amides is 1. The molecule has 1 fully saturated rings. The average Bonchev–Trinajstić information content (AvgIpc) is 2.45. The van der Waals surface area contributed by atoms with Crippen molar-refractivity contribution in [2.45, 2.75) is 39.2 Å². The smallest absolute Gasteiger partial charge is 0.410 e. The van der Waals surface area contributed by atoms with Crippen LogP contribution in [0.2, 0.25) is 0 Å². The molecule has 0 spiro atoms. The molecule has 2 aliphatic heterocycles. The van der Waals surface area contributed by atoms with Gasteiger partial charge in [0.2, 0.25) is 0 Å². The van der Waals surface area contributed by atoms with Gasteiger partial charge in [0.05, 0.1) is 5.92 Å². The molecule has 0 saturated carbocycles. The number of carboxylic acids is 1. The number of carbonyl (C=O) groups excluding carboxylic acids is 1. The maximum atomic E-state index is 12.2. The van der Waals surface area contributed by atoms with Crippen LogP contribution in [-0.4, -0.2) is 59.3 Å². The van der Waals surface area contributed by atoms with Crippen molar-refractivity contribution in [3.05, 3.63) is 12.3 Å². The number of piperidine rings is 1. The van der Waals surface area contributed by atoms with Crippen molar-refractivity contribution >= 4 is 12.1 Å². The van der Waals surface area contributed by atoms with Crippen LogP contribution in [0.15, 0.2) is 12.3 Å². The molecular weight excluding hydrogens is 296 g/mol. The number of rotatable bonds is 2. The Bertz CT molecular complexity index is 483. The second-order valence-electron chi connectivity index (χ2n) is 7.60. The third-order valence-corrected chi connectivity index (χ3v) is 4.59. The van der Waals surface area contributed by atoms with E-state index in [0.717, 1.165) is 13.0 Å². The van der Waals surface area contributed by atoms with Crippen LogP contribution in [-0.2, 0) is 9.53 Å². The Morgan fingerprint density at radius 2 is 1.91 bits per heavy atom. The third-order valence-electron chi connectivity index (χ3n) is 4.59. The van der Waals surface area contributed by atoms with Crippen molar-refractivity contribution in [2.75, 3.05) is 26.7 Å². The fraction of sp³-hybridized carbons (Fsp3) is 0.765. The third kappa shape index (κ3) is 4.62. The first-order valence-electron chi connectivity index (χ1n) is 8.26. The summed E-state index contributed by atoms with van der Waals surface area (Å²) in [6.45, 7) is 7.18. The van der Waals surface area contributed by atoms with Crippen LogP contribution in [0.4, 0.5) is 4.79 Å². The van der Waals surface area contributed by atoms with E-state index in [1.54, 1.807) is 4.90 Å². The van der Waals surface area contributed by atoms with Gasteiger partial charge in [0.25, 0.3) is 0 Å².